The summed E-state index contributed by atoms with van der Waals surface area (Å²) >= 11 is 0. The molecule has 2 heterocycles. The van der Waals surface area contributed by atoms with E-state index in [2.05, 4.69) is 10.3 Å². The molecule has 2 atom stereocenters. The summed E-state index contributed by atoms with van der Waals surface area (Å²) in [5.74, 6) is 0.160. The number of anilines is 1. The topological polar surface area (TPSA) is 65.5 Å². The molecule has 2 fully saturated rings. The number of pyridine rings is 1. The molecule has 1 saturated carbocycles. The van der Waals surface area contributed by atoms with Crippen LogP contribution in [0, 0.1) is 5.92 Å². The molecule has 0 aromatic carbocycles. The van der Waals surface area contributed by atoms with Crippen LogP contribution in [-0.2, 0) is 6.18 Å². The summed E-state index contributed by atoms with van der Waals surface area (Å²) in [6, 6.07) is 1.05. The maximum absolute atomic E-state index is 12.6. The highest BCUT2D eigenvalue weighted by Crippen LogP contribution is 2.50. The van der Waals surface area contributed by atoms with Crippen molar-refractivity contribution in [2.24, 2.45) is 5.92 Å². The number of carbonyl (C=O) groups is 1. The van der Waals surface area contributed by atoms with E-state index >= 15 is 0 Å². The van der Waals surface area contributed by atoms with Gasteiger partial charge in [-0.1, -0.05) is 0 Å². The second-order valence-electron chi connectivity index (χ2n) is 5.30. The van der Waals surface area contributed by atoms with Crippen LogP contribution in [0.25, 0.3) is 0 Å². The summed E-state index contributed by atoms with van der Waals surface area (Å²) in [6.45, 7) is 0.927. The third-order valence-electron chi connectivity index (χ3n) is 3.92. The van der Waals surface area contributed by atoms with E-state index in [0.717, 1.165) is 18.7 Å². The van der Waals surface area contributed by atoms with Gasteiger partial charge in [-0.2, -0.15) is 13.2 Å². The first-order valence-electron chi connectivity index (χ1n) is 6.08. The van der Waals surface area contributed by atoms with Crippen LogP contribution in [0.4, 0.5) is 23.7 Å². The Hall–Kier alpha value is -1.99. The van der Waals surface area contributed by atoms with Gasteiger partial charge in [-0.25, -0.2) is 4.79 Å². The lowest BCUT2D eigenvalue weighted by Crippen LogP contribution is -2.41. The number of fused-ring (bicyclic) bond motifs is 1. The van der Waals surface area contributed by atoms with Gasteiger partial charge in [0.15, 0.2) is 0 Å². The molecule has 20 heavy (non-hydrogen) atoms. The first-order chi connectivity index (χ1) is 9.30. The van der Waals surface area contributed by atoms with Crippen LogP contribution in [-0.4, -0.2) is 34.8 Å². The summed E-state index contributed by atoms with van der Waals surface area (Å²) in [5.41, 5.74) is -0.922. The van der Waals surface area contributed by atoms with Gasteiger partial charge in [0.1, 0.15) is 0 Å². The molecule has 0 radical (unpaired) electrons. The van der Waals surface area contributed by atoms with E-state index in [1.807, 2.05) is 0 Å². The lowest BCUT2D eigenvalue weighted by molar-refractivity contribution is -0.137. The molecular weight excluding hydrogens is 275 g/mol. The zero-order chi connectivity index (χ0) is 14.5. The lowest BCUT2D eigenvalue weighted by atomic mass is 10.2. The Labute approximate surface area is 112 Å². The number of aromatic nitrogens is 1. The van der Waals surface area contributed by atoms with E-state index < -0.39 is 23.4 Å². The summed E-state index contributed by atoms with van der Waals surface area (Å²) in [6.07, 6.45) is -2.64. The quantitative estimate of drug-likeness (QED) is 0.872. The predicted octanol–water partition coefficient (Wildman–Crippen LogP) is 1.95. The molecule has 108 valence electrons. The molecule has 1 saturated heterocycles. The maximum atomic E-state index is 12.6. The Balaban J connectivity index is 1.78. The fraction of sp³-hybridized carbons (Fsp3) is 0.500. The van der Waals surface area contributed by atoms with Gasteiger partial charge >= 0.3 is 12.3 Å². The summed E-state index contributed by atoms with van der Waals surface area (Å²) in [4.78, 5) is 16.1. The summed E-state index contributed by atoms with van der Waals surface area (Å²) in [5, 5.41) is 11.3. The first-order valence-corrected chi connectivity index (χ1v) is 6.08. The molecule has 0 bridgehead atoms. The van der Waals surface area contributed by atoms with Gasteiger partial charge in [0.2, 0.25) is 0 Å². The summed E-state index contributed by atoms with van der Waals surface area (Å²) in [7, 11) is 0. The van der Waals surface area contributed by atoms with Crippen LogP contribution < -0.4 is 10.2 Å². The number of hydrogen-bond donors (Lipinski definition) is 2. The van der Waals surface area contributed by atoms with Crippen molar-refractivity contribution in [3.63, 3.8) is 0 Å². The molecule has 1 amide bonds. The third kappa shape index (κ3) is 2.14. The molecule has 2 aliphatic rings. The van der Waals surface area contributed by atoms with Crippen molar-refractivity contribution in [1.29, 1.82) is 0 Å². The molecule has 0 spiro atoms. The number of hydrogen-bond acceptors (Lipinski definition) is 3. The number of rotatable bonds is 2. The highest BCUT2D eigenvalue weighted by Gasteiger charge is 2.61. The largest absolute Gasteiger partial charge is 0.465 e. The number of alkyl halides is 3. The Bertz CT molecular complexity index is 563. The lowest BCUT2D eigenvalue weighted by Gasteiger charge is -2.23. The minimum absolute atomic E-state index is 0.160. The van der Waals surface area contributed by atoms with Gasteiger partial charge in [-0.05, 0) is 12.5 Å². The van der Waals surface area contributed by atoms with Crippen LogP contribution in [0.1, 0.15) is 12.0 Å². The average molecular weight is 287 g/mol. The fourth-order valence-corrected chi connectivity index (χ4v) is 2.84. The van der Waals surface area contributed by atoms with Crippen LogP contribution in [0.3, 0.4) is 0 Å². The van der Waals surface area contributed by atoms with Crippen LogP contribution in [0.2, 0.25) is 0 Å². The fourth-order valence-electron chi connectivity index (χ4n) is 2.84. The minimum Gasteiger partial charge on any atom is -0.465 e. The average Bonchev–Trinajstić information content (AvgIpc) is 2.88. The standard InChI is InChI=1S/C12H12F3N3O2/c13-12(14,15)7-1-9(4-16-3-7)18-5-8-2-11(8,6-18)17-10(19)20/h1,3-4,8,17H,2,5-6H2,(H,19,20). The van der Waals surface area contributed by atoms with Crippen LogP contribution >= 0.6 is 0 Å². The SMILES string of the molecule is O=C(O)NC12CC1CN(c1cncc(C(F)(F)F)c1)C2. The van der Waals surface area contributed by atoms with E-state index in [1.54, 1.807) is 4.90 Å². The van der Waals surface area contributed by atoms with E-state index in [1.165, 1.54) is 6.20 Å². The highest BCUT2D eigenvalue weighted by atomic mass is 19.4. The van der Waals surface area contributed by atoms with Crippen molar-refractivity contribution in [2.75, 3.05) is 18.0 Å². The maximum Gasteiger partial charge on any atom is 0.417 e. The van der Waals surface area contributed by atoms with Gasteiger partial charge < -0.3 is 15.3 Å². The molecule has 8 heteroatoms. The number of nitrogens with one attached hydrogen (secondary N) is 1. The zero-order valence-electron chi connectivity index (χ0n) is 10.3. The number of carboxylic acid groups (broad SMARTS) is 1. The van der Waals surface area contributed by atoms with E-state index in [-0.39, 0.29) is 5.92 Å². The molecule has 1 aliphatic carbocycles. The Morgan fingerprint density at radius 3 is 2.90 bits per heavy atom. The molecule has 2 N–H and O–H groups in total. The molecule has 1 aromatic heterocycles. The van der Waals surface area contributed by atoms with Gasteiger partial charge in [-0.3, -0.25) is 4.98 Å². The van der Waals surface area contributed by atoms with E-state index in [9.17, 15) is 18.0 Å². The molecule has 5 nitrogen and oxygen atoms in total. The van der Waals surface area contributed by atoms with Gasteiger partial charge in [-0.15, -0.1) is 0 Å². The van der Waals surface area contributed by atoms with Crippen LogP contribution in [0.15, 0.2) is 18.5 Å². The van der Waals surface area contributed by atoms with Gasteiger partial charge in [0, 0.05) is 25.2 Å². The number of amides is 1. The Morgan fingerprint density at radius 2 is 2.25 bits per heavy atom. The van der Waals surface area contributed by atoms with Crippen molar-refractivity contribution in [2.45, 2.75) is 18.1 Å². The molecule has 2 unspecified atom stereocenters. The van der Waals surface area contributed by atoms with Gasteiger partial charge in [0.05, 0.1) is 23.0 Å². The van der Waals surface area contributed by atoms with Crippen molar-refractivity contribution in [3.8, 4) is 0 Å². The predicted molar refractivity (Wildman–Crippen MR) is 63.5 cm³/mol. The Kier molecular flexibility index (Phi) is 2.60. The monoisotopic (exact) mass is 287 g/mol. The van der Waals surface area contributed by atoms with Crippen molar-refractivity contribution < 1.29 is 23.1 Å². The third-order valence-corrected chi connectivity index (χ3v) is 3.92. The van der Waals surface area contributed by atoms with Crippen molar-refractivity contribution in [3.05, 3.63) is 24.0 Å². The number of piperidine rings is 1. The van der Waals surface area contributed by atoms with Crippen LogP contribution in [0.5, 0.6) is 0 Å². The Morgan fingerprint density at radius 1 is 1.50 bits per heavy atom. The van der Waals surface area contributed by atoms with E-state index in [4.69, 9.17) is 5.11 Å². The number of halogens is 3. The smallest absolute Gasteiger partial charge is 0.417 e. The van der Waals surface area contributed by atoms with E-state index in [0.29, 0.717) is 18.8 Å². The molecule has 3 rings (SSSR count). The second kappa shape index (κ2) is 4.00. The normalized spacial score (nSPS) is 28.1. The molecule has 1 aliphatic heterocycles. The summed E-state index contributed by atoms with van der Waals surface area (Å²) < 4.78 is 37.9. The van der Waals surface area contributed by atoms with Crippen molar-refractivity contribution >= 4 is 11.8 Å². The minimum atomic E-state index is -4.43. The highest BCUT2D eigenvalue weighted by molar-refractivity contribution is 5.68. The zero-order valence-corrected chi connectivity index (χ0v) is 10.3. The number of nitrogens with zero attached hydrogens (tertiary/aromatic N) is 2. The second-order valence-corrected chi connectivity index (χ2v) is 5.30. The molecule has 1 aromatic rings. The van der Waals surface area contributed by atoms with Crippen molar-refractivity contribution in [1.82, 2.24) is 10.3 Å². The first kappa shape index (κ1) is 13.0. The molecular formula is C12H12F3N3O2. The van der Waals surface area contributed by atoms with Gasteiger partial charge in [0.25, 0.3) is 0 Å².